The van der Waals surface area contributed by atoms with Crippen LogP contribution in [0.4, 0.5) is 4.79 Å². The van der Waals surface area contributed by atoms with Gasteiger partial charge in [-0.05, 0) is 13.8 Å². The average Bonchev–Trinajstić information content (AvgIpc) is 2.41. The average molecular weight is 255 g/mol. The molecule has 0 bridgehead atoms. The van der Waals surface area contributed by atoms with Gasteiger partial charge in [0.25, 0.3) is 5.91 Å². The second-order valence-electron chi connectivity index (χ2n) is 5.06. The molecule has 2 heterocycles. The highest BCUT2D eigenvalue weighted by molar-refractivity contribution is 6.06. The van der Waals surface area contributed by atoms with Crippen LogP contribution in [0, 0.1) is 0 Å². The lowest BCUT2D eigenvalue weighted by Gasteiger charge is -2.27. The number of nitrogens with zero attached hydrogens (tertiary/aromatic N) is 1. The third-order valence-electron chi connectivity index (χ3n) is 3.01. The smallest absolute Gasteiger partial charge is 0.325 e. The minimum atomic E-state index is -0.880. The van der Waals surface area contributed by atoms with Crippen LogP contribution < -0.4 is 10.6 Å². The Bertz CT molecular complexity index is 390. The summed E-state index contributed by atoms with van der Waals surface area (Å²) in [5, 5.41) is 5.32. The predicted octanol–water partition coefficient (Wildman–Crippen LogP) is -0.778. The van der Waals surface area contributed by atoms with E-state index in [1.165, 1.54) is 0 Å². The zero-order chi connectivity index (χ0) is 13.3. The molecule has 2 aliphatic rings. The number of ether oxygens (including phenoxy) is 1. The zero-order valence-electron chi connectivity index (χ0n) is 10.5. The number of hydrogen-bond acceptors (Lipinski definition) is 4. The molecule has 0 radical (unpaired) electrons. The van der Waals surface area contributed by atoms with Gasteiger partial charge in [-0.3, -0.25) is 14.5 Å². The molecule has 2 N–H and O–H groups in total. The number of nitrogens with one attached hydrogen (secondary N) is 2. The van der Waals surface area contributed by atoms with Crippen LogP contribution in [0.3, 0.4) is 0 Å². The summed E-state index contributed by atoms with van der Waals surface area (Å²) < 4.78 is 4.93. The first-order valence-electron chi connectivity index (χ1n) is 5.91. The Labute approximate surface area is 105 Å². The highest BCUT2D eigenvalue weighted by atomic mass is 16.5. The summed E-state index contributed by atoms with van der Waals surface area (Å²) in [6.07, 6.45) is 0.117. The molecule has 0 aliphatic carbocycles. The van der Waals surface area contributed by atoms with Crippen molar-refractivity contribution >= 4 is 17.8 Å². The predicted molar refractivity (Wildman–Crippen MR) is 61.7 cm³/mol. The van der Waals surface area contributed by atoms with E-state index in [-0.39, 0.29) is 30.8 Å². The number of carbonyl (C=O) groups excluding carboxylic acids is 3. The summed E-state index contributed by atoms with van der Waals surface area (Å²) in [5.41, 5.74) is -0.880. The Morgan fingerprint density at radius 3 is 2.61 bits per heavy atom. The van der Waals surface area contributed by atoms with Gasteiger partial charge in [0.2, 0.25) is 5.91 Å². The van der Waals surface area contributed by atoms with Gasteiger partial charge < -0.3 is 15.4 Å². The second kappa shape index (κ2) is 4.56. The van der Waals surface area contributed by atoms with Crippen molar-refractivity contribution in [2.24, 2.45) is 0 Å². The highest BCUT2D eigenvalue weighted by Gasteiger charge is 2.44. The van der Waals surface area contributed by atoms with Crippen molar-refractivity contribution in [3.8, 4) is 0 Å². The number of amides is 4. The summed E-state index contributed by atoms with van der Waals surface area (Å²) in [4.78, 5) is 36.0. The SMILES string of the molecule is CC1(C)NC(=O)N(CCC(=O)NC2COC2)C1=O. The summed E-state index contributed by atoms with van der Waals surface area (Å²) >= 11 is 0. The van der Waals surface area contributed by atoms with Gasteiger partial charge in [-0.25, -0.2) is 4.79 Å². The molecule has 2 saturated heterocycles. The number of rotatable bonds is 4. The molecule has 7 heteroatoms. The van der Waals surface area contributed by atoms with Gasteiger partial charge in [0.15, 0.2) is 0 Å². The third-order valence-corrected chi connectivity index (χ3v) is 3.01. The molecule has 2 aliphatic heterocycles. The molecule has 0 spiro atoms. The van der Waals surface area contributed by atoms with Crippen molar-refractivity contribution in [1.29, 1.82) is 0 Å². The minimum absolute atomic E-state index is 0.0667. The number of hydrogen-bond donors (Lipinski definition) is 2. The first kappa shape index (κ1) is 12.8. The lowest BCUT2D eigenvalue weighted by molar-refractivity contribution is -0.131. The van der Waals surface area contributed by atoms with Crippen LogP contribution in [0.1, 0.15) is 20.3 Å². The molecule has 18 heavy (non-hydrogen) atoms. The van der Waals surface area contributed by atoms with Gasteiger partial charge in [0, 0.05) is 13.0 Å². The van der Waals surface area contributed by atoms with Crippen LogP contribution in [0.15, 0.2) is 0 Å². The Hall–Kier alpha value is -1.63. The van der Waals surface area contributed by atoms with Crippen LogP contribution in [0.25, 0.3) is 0 Å². The lowest BCUT2D eigenvalue weighted by atomic mass is 10.1. The Morgan fingerprint density at radius 2 is 2.17 bits per heavy atom. The highest BCUT2D eigenvalue weighted by Crippen LogP contribution is 2.16. The third kappa shape index (κ3) is 2.45. The molecule has 0 saturated carbocycles. The van der Waals surface area contributed by atoms with Crippen molar-refractivity contribution in [3.05, 3.63) is 0 Å². The topological polar surface area (TPSA) is 87.7 Å². The van der Waals surface area contributed by atoms with Gasteiger partial charge in [0.1, 0.15) is 5.54 Å². The monoisotopic (exact) mass is 255 g/mol. The van der Waals surface area contributed by atoms with E-state index in [1.54, 1.807) is 13.8 Å². The fraction of sp³-hybridized carbons (Fsp3) is 0.727. The molecule has 0 atom stereocenters. The van der Waals surface area contributed by atoms with Crippen LogP contribution in [0.2, 0.25) is 0 Å². The van der Waals surface area contributed by atoms with Gasteiger partial charge in [-0.1, -0.05) is 0 Å². The maximum Gasteiger partial charge on any atom is 0.325 e. The summed E-state index contributed by atoms with van der Waals surface area (Å²) in [7, 11) is 0. The van der Waals surface area contributed by atoms with E-state index in [0.29, 0.717) is 13.2 Å². The molecule has 0 aromatic carbocycles. The van der Waals surface area contributed by atoms with Gasteiger partial charge in [-0.15, -0.1) is 0 Å². The number of imide groups is 1. The quantitative estimate of drug-likeness (QED) is 0.645. The first-order chi connectivity index (χ1) is 8.40. The maximum absolute atomic E-state index is 11.8. The molecule has 4 amide bonds. The van der Waals surface area contributed by atoms with Gasteiger partial charge in [-0.2, -0.15) is 0 Å². The normalized spacial score (nSPS) is 22.7. The van der Waals surface area contributed by atoms with Crippen molar-refractivity contribution < 1.29 is 19.1 Å². The maximum atomic E-state index is 11.8. The van der Waals surface area contributed by atoms with Crippen LogP contribution in [-0.2, 0) is 14.3 Å². The molecule has 2 fully saturated rings. The van der Waals surface area contributed by atoms with E-state index in [9.17, 15) is 14.4 Å². The van der Waals surface area contributed by atoms with Crippen LogP contribution in [-0.4, -0.2) is 54.1 Å². The second-order valence-corrected chi connectivity index (χ2v) is 5.06. The molecule has 7 nitrogen and oxygen atoms in total. The summed E-state index contributed by atoms with van der Waals surface area (Å²) in [6, 6.07) is -0.373. The molecule has 0 aromatic rings. The number of carbonyl (C=O) groups is 3. The molecule has 2 rings (SSSR count). The Kier molecular flexibility index (Phi) is 3.25. The van der Waals surface area contributed by atoms with Crippen molar-refractivity contribution in [1.82, 2.24) is 15.5 Å². The summed E-state index contributed by atoms with van der Waals surface area (Å²) in [5.74, 6) is -0.471. The summed E-state index contributed by atoms with van der Waals surface area (Å²) in [6.45, 7) is 4.44. The van der Waals surface area contributed by atoms with Gasteiger partial charge in [0.05, 0.1) is 19.3 Å². The van der Waals surface area contributed by atoms with Crippen LogP contribution in [0.5, 0.6) is 0 Å². The van der Waals surface area contributed by atoms with E-state index in [1.807, 2.05) is 0 Å². The molecule has 0 aromatic heterocycles. The largest absolute Gasteiger partial charge is 0.377 e. The molecular formula is C11H17N3O4. The minimum Gasteiger partial charge on any atom is -0.377 e. The van der Waals surface area contributed by atoms with Crippen molar-refractivity contribution in [2.45, 2.75) is 31.8 Å². The Balaban J connectivity index is 1.81. The van der Waals surface area contributed by atoms with Crippen molar-refractivity contribution in [3.63, 3.8) is 0 Å². The lowest BCUT2D eigenvalue weighted by Crippen LogP contribution is -2.49. The molecule has 100 valence electrons. The van der Waals surface area contributed by atoms with E-state index in [2.05, 4.69) is 10.6 Å². The van der Waals surface area contributed by atoms with E-state index >= 15 is 0 Å². The van der Waals surface area contributed by atoms with Gasteiger partial charge >= 0.3 is 6.03 Å². The fourth-order valence-corrected chi connectivity index (χ4v) is 1.85. The molecule has 0 unspecified atom stereocenters. The zero-order valence-corrected chi connectivity index (χ0v) is 10.5. The number of urea groups is 1. The first-order valence-corrected chi connectivity index (χ1v) is 5.91. The van der Waals surface area contributed by atoms with Crippen molar-refractivity contribution in [2.75, 3.05) is 19.8 Å². The fourth-order valence-electron chi connectivity index (χ4n) is 1.85. The van der Waals surface area contributed by atoms with Crippen LogP contribution >= 0.6 is 0 Å². The van der Waals surface area contributed by atoms with E-state index in [0.717, 1.165) is 4.90 Å². The standard InChI is InChI=1S/C11H17N3O4/c1-11(2)9(16)14(10(17)13-11)4-3-8(15)12-7-5-18-6-7/h7H,3-6H2,1-2H3,(H,12,15)(H,13,17). The van der Waals surface area contributed by atoms with E-state index in [4.69, 9.17) is 4.74 Å². The van der Waals surface area contributed by atoms with E-state index < -0.39 is 11.6 Å². The molecular weight excluding hydrogens is 238 g/mol. The Morgan fingerprint density at radius 1 is 1.50 bits per heavy atom.